The van der Waals surface area contributed by atoms with Gasteiger partial charge in [0.15, 0.2) is 0 Å². The summed E-state index contributed by atoms with van der Waals surface area (Å²) in [4.78, 5) is 2.11. The van der Waals surface area contributed by atoms with Gasteiger partial charge >= 0.3 is 0 Å². The zero-order chi connectivity index (χ0) is 16.2. The number of hydrogen-bond donors (Lipinski definition) is 0. The summed E-state index contributed by atoms with van der Waals surface area (Å²) >= 11 is 0. The number of anilines is 1. The van der Waals surface area contributed by atoms with E-state index in [1.165, 1.54) is 27.8 Å². The Morgan fingerprint density at radius 3 is 2.25 bits per heavy atom. The van der Waals surface area contributed by atoms with Crippen molar-refractivity contribution in [2.24, 2.45) is 0 Å². The van der Waals surface area contributed by atoms with Crippen LogP contribution in [0.25, 0.3) is 23.1 Å². The Morgan fingerprint density at radius 2 is 1.58 bits per heavy atom. The van der Waals surface area contributed by atoms with E-state index in [1.807, 2.05) is 0 Å². The SMILES string of the molecule is CC[n+]1c(C=Cc2ccc(N(C)C)cc2)ccc2ccccc21.[Cl-]. The molecule has 1 heterocycles. The third-order valence-corrected chi connectivity index (χ3v) is 4.15. The molecule has 0 fully saturated rings. The van der Waals surface area contributed by atoms with Crippen LogP contribution in [0.5, 0.6) is 0 Å². The molecule has 3 heteroatoms. The highest BCUT2D eigenvalue weighted by atomic mass is 35.5. The molecule has 0 unspecified atom stereocenters. The third-order valence-electron chi connectivity index (χ3n) is 4.15. The second-order valence-corrected chi connectivity index (χ2v) is 5.88. The Kier molecular flexibility index (Phi) is 5.99. The normalized spacial score (nSPS) is 10.8. The molecular weight excluding hydrogens is 316 g/mol. The fourth-order valence-corrected chi connectivity index (χ4v) is 2.84. The second-order valence-electron chi connectivity index (χ2n) is 5.88. The summed E-state index contributed by atoms with van der Waals surface area (Å²) < 4.78 is 2.35. The molecule has 0 spiro atoms. The quantitative estimate of drug-likeness (QED) is 0.652. The fraction of sp³-hybridized carbons (Fsp3) is 0.190. The summed E-state index contributed by atoms with van der Waals surface area (Å²) in [5.74, 6) is 0. The largest absolute Gasteiger partial charge is 1.00 e. The molecule has 0 aliphatic rings. The molecule has 0 amide bonds. The average molecular weight is 339 g/mol. The number of fused-ring (bicyclic) bond motifs is 1. The van der Waals surface area contributed by atoms with Gasteiger partial charge in [-0.05, 0) is 42.8 Å². The lowest BCUT2D eigenvalue weighted by Gasteiger charge is -2.11. The number of pyridine rings is 1. The van der Waals surface area contributed by atoms with Crippen LogP contribution in [0.4, 0.5) is 5.69 Å². The molecule has 3 aromatic rings. The first kappa shape index (κ1) is 18.0. The van der Waals surface area contributed by atoms with Crippen LogP contribution >= 0.6 is 0 Å². The van der Waals surface area contributed by atoms with Crippen molar-refractivity contribution in [2.45, 2.75) is 13.5 Å². The van der Waals surface area contributed by atoms with Crippen molar-refractivity contribution in [3.8, 4) is 0 Å². The molecule has 1 aromatic heterocycles. The van der Waals surface area contributed by atoms with Crippen molar-refractivity contribution < 1.29 is 17.0 Å². The first-order valence-electron chi connectivity index (χ1n) is 8.06. The van der Waals surface area contributed by atoms with Crippen LogP contribution in [0.3, 0.4) is 0 Å². The van der Waals surface area contributed by atoms with Gasteiger partial charge in [0, 0.05) is 43.4 Å². The number of para-hydroxylation sites is 1. The summed E-state index contributed by atoms with van der Waals surface area (Å²) in [5.41, 5.74) is 4.94. The molecule has 0 aliphatic carbocycles. The smallest absolute Gasteiger partial charge is 0.212 e. The number of rotatable bonds is 4. The molecule has 2 aromatic carbocycles. The molecule has 0 radical (unpaired) electrons. The molecule has 2 nitrogen and oxygen atoms in total. The highest BCUT2D eigenvalue weighted by molar-refractivity contribution is 5.77. The molecule has 0 aliphatic heterocycles. The van der Waals surface area contributed by atoms with Gasteiger partial charge in [-0.25, -0.2) is 0 Å². The van der Waals surface area contributed by atoms with Crippen LogP contribution in [-0.2, 0) is 6.54 Å². The van der Waals surface area contributed by atoms with Crippen molar-refractivity contribution in [3.63, 3.8) is 0 Å². The van der Waals surface area contributed by atoms with Gasteiger partial charge < -0.3 is 17.3 Å². The van der Waals surface area contributed by atoms with Crippen LogP contribution in [0.15, 0.2) is 60.7 Å². The maximum Gasteiger partial charge on any atom is 0.212 e. The number of nitrogens with zero attached hydrogens (tertiary/aromatic N) is 2. The average Bonchev–Trinajstić information content (AvgIpc) is 2.59. The standard InChI is InChI=1S/C21H23N2.ClH/c1-4-23-20(16-12-18-7-5-6-8-21(18)23)15-11-17-9-13-19(14-10-17)22(2)3;/h5-16H,4H2,1-3H3;1H/q+1;/p-1. The molecule has 0 bridgehead atoms. The predicted molar refractivity (Wildman–Crippen MR) is 99.5 cm³/mol. The predicted octanol–water partition coefficient (Wildman–Crippen LogP) is 1.39. The summed E-state index contributed by atoms with van der Waals surface area (Å²) in [6.45, 7) is 3.15. The number of halogens is 1. The summed E-state index contributed by atoms with van der Waals surface area (Å²) in [6, 6.07) is 21.5. The number of hydrogen-bond acceptors (Lipinski definition) is 1. The number of benzene rings is 2. The zero-order valence-corrected chi connectivity index (χ0v) is 15.2. The minimum Gasteiger partial charge on any atom is -1.00 e. The van der Waals surface area contributed by atoms with Gasteiger partial charge in [-0.3, -0.25) is 0 Å². The van der Waals surface area contributed by atoms with Crippen LogP contribution in [-0.4, -0.2) is 14.1 Å². The molecule has 124 valence electrons. The van der Waals surface area contributed by atoms with E-state index in [-0.39, 0.29) is 12.4 Å². The van der Waals surface area contributed by atoms with E-state index >= 15 is 0 Å². The Balaban J connectivity index is 0.00000208. The summed E-state index contributed by atoms with van der Waals surface area (Å²) in [7, 11) is 4.12. The Hall–Kier alpha value is -2.32. The van der Waals surface area contributed by atoms with E-state index < -0.39 is 0 Å². The van der Waals surface area contributed by atoms with Crippen molar-refractivity contribution >= 4 is 28.7 Å². The minimum absolute atomic E-state index is 0. The highest BCUT2D eigenvalue weighted by Gasteiger charge is 2.10. The van der Waals surface area contributed by atoms with E-state index in [0.717, 1.165) is 6.54 Å². The topological polar surface area (TPSA) is 7.12 Å². The van der Waals surface area contributed by atoms with E-state index in [2.05, 4.69) is 103 Å². The van der Waals surface area contributed by atoms with E-state index in [1.54, 1.807) is 0 Å². The monoisotopic (exact) mass is 338 g/mol. The molecule has 0 saturated carbocycles. The lowest BCUT2D eigenvalue weighted by molar-refractivity contribution is -0.669. The van der Waals surface area contributed by atoms with Crippen molar-refractivity contribution in [1.82, 2.24) is 0 Å². The molecule has 0 N–H and O–H groups in total. The third kappa shape index (κ3) is 3.77. The van der Waals surface area contributed by atoms with Gasteiger partial charge in [0.1, 0.15) is 6.54 Å². The van der Waals surface area contributed by atoms with Crippen molar-refractivity contribution in [1.29, 1.82) is 0 Å². The van der Waals surface area contributed by atoms with Gasteiger partial charge in [0.2, 0.25) is 11.2 Å². The lowest BCUT2D eigenvalue weighted by atomic mass is 10.1. The van der Waals surface area contributed by atoms with E-state index in [4.69, 9.17) is 0 Å². The summed E-state index contributed by atoms with van der Waals surface area (Å²) in [6.07, 6.45) is 4.37. The van der Waals surface area contributed by atoms with Crippen molar-refractivity contribution in [3.05, 3.63) is 71.9 Å². The lowest BCUT2D eigenvalue weighted by Crippen LogP contribution is -3.00. The molecule has 0 atom stereocenters. The second kappa shape index (κ2) is 7.98. The first-order valence-corrected chi connectivity index (χ1v) is 8.06. The summed E-state index contributed by atoms with van der Waals surface area (Å²) in [5, 5.41) is 1.28. The maximum atomic E-state index is 2.35. The van der Waals surface area contributed by atoms with Gasteiger partial charge in [-0.2, -0.15) is 4.57 Å². The molecular formula is C21H23ClN2. The number of aromatic nitrogens is 1. The minimum atomic E-state index is 0. The van der Waals surface area contributed by atoms with Crippen LogP contribution < -0.4 is 21.9 Å². The van der Waals surface area contributed by atoms with Crippen LogP contribution in [0.2, 0.25) is 0 Å². The van der Waals surface area contributed by atoms with Gasteiger partial charge in [-0.1, -0.05) is 24.3 Å². The van der Waals surface area contributed by atoms with Crippen molar-refractivity contribution in [2.75, 3.05) is 19.0 Å². The maximum absolute atomic E-state index is 2.35. The van der Waals surface area contributed by atoms with Gasteiger partial charge in [0.05, 0.1) is 0 Å². The molecule has 0 saturated heterocycles. The Labute approximate surface area is 150 Å². The first-order chi connectivity index (χ1) is 11.2. The van der Waals surface area contributed by atoms with Crippen LogP contribution in [0, 0.1) is 0 Å². The fourth-order valence-electron chi connectivity index (χ4n) is 2.84. The highest BCUT2D eigenvalue weighted by Crippen LogP contribution is 2.15. The van der Waals surface area contributed by atoms with Crippen LogP contribution in [0.1, 0.15) is 18.2 Å². The molecule has 24 heavy (non-hydrogen) atoms. The van der Waals surface area contributed by atoms with Gasteiger partial charge in [0.25, 0.3) is 0 Å². The van der Waals surface area contributed by atoms with E-state index in [9.17, 15) is 0 Å². The Bertz CT molecular complexity index is 836. The zero-order valence-electron chi connectivity index (χ0n) is 14.4. The Morgan fingerprint density at radius 1 is 0.875 bits per heavy atom. The molecule has 3 rings (SSSR count). The number of aryl methyl sites for hydroxylation is 1. The van der Waals surface area contributed by atoms with Gasteiger partial charge in [-0.15, -0.1) is 0 Å². The van der Waals surface area contributed by atoms with E-state index in [0.29, 0.717) is 0 Å².